The summed E-state index contributed by atoms with van der Waals surface area (Å²) < 4.78 is 1.03. The van der Waals surface area contributed by atoms with Crippen molar-refractivity contribution in [2.24, 2.45) is 0 Å². The Morgan fingerprint density at radius 2 is 2.45 bits per heavy atom. The van der Waals surface area contributed by atoms with Crippen molar-refractivity contribution in [3.05, 3.63) is 15.2 Å². The van der Waals surface area contributed by atoms with E-state index < -0.39 is 0 Å². The predicted molar refractivity (Wildman–Crippen MR) is 45.2 cm³/mol. The van der Waals surface area contributed by atoms with Crippen molar-refractivity contribution in [1.29, 1.82) is 0 Å². The highest BCUT2D eigenvalue weighted by molar-refractivity contribution is 9.11. The van der Waals surface area contributed by atoms with Gasteiger partial charge in [0.15, 0.2) is 0 Å². The number of aromatic amines is 1. The summed E-state index contributed by atoms with van der Waals surface area (Å²) in [5, 5.41) is 15.5. The largest absolute Gasteiger partial charge is 0.206 e. The van der Waals surface area contributed by atoms with E-state index in [9.17, 15) is 0 Å². The summed E-state index contributed by atoms with van der Waals surface area (Å²) in [6, 6.07) is 1.94. The van der Waals surface area contributed by atoms with E-state index in [0.29, 0.717) is 5.82 Å². The van der Waals surface area contributed by atoms with E-state index in [1.165, 1.54) is 0 Å². The van der Waals surface area contributed by atoms with Crippen LogP contribution >= 0.6 is 27.3 Å². The van der Waals surface area contributed by atoms with Gasteiger partial charge in [-0.3, -0.25) is 0 Å². The molecule has 6 heteroatoms. The Bertz CT molecular complexity index is 341. The lowest BCUT2D eigenvalue weighted by Crippen LogP contribution is -1.76. The van der Waals surface area contributed by atoms with Crippen LogP contribution < -0.4 is 0 Å². The van der Waals surface area contributed by atoms with Gasteiger partial charge in [0, 0.05) is 5.56 Å². The number of hydrogen-bond donors (Lipinski definition) is 1. The Kier molecular flexibility index (Phi) is 1.71. The molecule has 0 fully saturated rings. The lowest BCUT2D eigenvalue weighted by molar-refractivity contribution is 0.881. The second kappa shape index (κ2) is 2.71. The van der Waals surface area contributed by atoms with Gasteiger partial charge < -0.3 is 0 Å². The Labute approximate surface area is 74.8 Å². The lowest BCUT2D eigenvalue weighted by Gasteiger charge is -1.85. The Morgan fingerprint density at radius 3 is 3.00 bits per heavy atom. The molecule has 0 unspecified atom stereocenters. The van der Waals surface area contributed by atoms with Gasteiger partial charge in [-0.05, 0) is 32.6 Å². The molecule has 0 aliphatic carbocycles. The van der Waals surface area contributed by atoms with Gasteiger partial charge in [0.25, 0.3) is 0 Å². The Balaban J connectivity index is 2.53. The van der Waals surface area contributed by atoms with Crippen LogP contribution in [0.1, 0.15) is 0 Å². The molecule has 0 spiro atoms. The molecule has 4 nitrogen and oxygen atoms in total. The average Bonchev–Trinajstić information content (AvgIpc) is 2.55. The van der Waals surface area contributed by atoms with Crippen molar-refractivity contribution in [3.63, 3.8) is 0 Å². The molecule has 0 aromatic carbocycles. The van der Waals surface area contributed by atoms with E-state index in [1.54, 1.807) is 11.3 Å². The number of H-pyrrole nitrogens is 1. The molecule has 0 saturated carbocycles. The summed E-state index contributed by atoms with van der Waals surface area (Å²) in [5.74, 6) is 0.623. The van der Waals surface area contributed by atoms with Crippen LogP contribution in [0, 0.1) is 0 Å². The predicted octanol–water partition coefficient (Wildman–Crippen LogP) is 1.69. The first-order valence-corrected chi connectivity index (χ1v) is 4.52. The van der Waals surface area contributed by atoms with Gasteiger partial charge in [-0.2, -0.15) is 5.21 Å². The molecule has 2 aromatic rings. The third kappa shape index (κ3) is 1.19. The third-order valence-corrected chi connectivity index (χ3v) is 2.89. The van der Waals surface area contributed by atoms with Crippen LogP contribution in [0.2, 0.25) is 0 Å². The SMILES string of the molecule is Brc1sccc1-c1nn[nH]n1. The maximum Gasteiger partial charge on any atom is 0.206 e. The normalized spacial score (nSPS) is 10.3. The minimum Gasteiger partial charge on any atom is -0.177 e. The number of halogens is 1. The van der Waals surface area contributed by atoms with Crippen molar-refractivity contribution in [2.75, 3.05) is 0 Å². The van der Waals surface area contributed by atoms with Crippen molar-refractivity contribution in [2.45, 2.75) is 0 Å². The van der Waals surface area contributed by atoms with Gasteiger partial charge in [-0.1, -0.05) is 0 Å². The van der Waals surface area contributed by atoms with Crippen LogP contribution in [-0.2, 0) is 0 Å². The molecule has 0 radical (unpaired) electrons. The van der Waals surface area contributed by atoms with E-state index in [-0.39, 0.29) is 0 Å². The van der Waals surface area contributed by atoms with Crippen LogP contribution in [-0.4, -0.2) is 20.6 Å². The molecule has 2 rings (SSSR count). The van der Waals surface area contributed by atoms with Crippen LogP contribution in [0.25, 0.3) is 11.4 Å². The number of thiophene rings is 1. The molecule has 11 heavy (non-hydrogen) atoms. The molecule has 56 valence electrons. The van der Waals surface area contributed by atoms with Crippen LogP contribution in [0.3, 0.4) is 0 Å². The third-order valence-electron chi connectivity index (χ3n) is 1.20. The summed E-state index contributed by atoms with van der Waals surface area (Å²) in [6.07, 6.45) is 0. The molecular formula is C5H3BrN4S. The van der Waals surface area contributed by atoms with Crippen LogP contribution in [0.4, 0.5) is 0 Å². The smallest absolute Gasteiger partial charge is 0.177 e. The van der Waals surface area contributed by atoms with E-state index >= 15 is 0 Å². The van der Waals surface area contributed by atoms with Crippen molar-refractivity contribution in [1.82, 2.24) is 20.6 Å². The van der Waals surface area contributed by atoms with Crippen molar-refractivity contribution in [3.8, 4) is 11.4 Å². The van der Waals surface area contributed by atoms with Crippen molar-refractivity contribution < 1.29 is 0 Å². The first-order valence-electron chi connectivity index (χ1n) is 2.85. The first-order chi connectivity index (χ1) is 5.38. The zero-order valence-electron chi connectivity index (χ0n) is 5.28. The number of nitrogens with zero attached hydrogens (tertiary/aromatic N) is 3. The van der Waals surface area contributed by atoms with Crippen LogP contribution in [0.15, 0.2) is 15.2 Å². The summed E-state index contributed by atoms with van der Waals surface area (Å²) in [4.78, 5) is 0. The maximum absolute atomic E-state index is 3.85. The molecule has 1 N–H and O–H groups in total. The van der Waals surface area contributed by atoms with Crippen LogP contribution in [0.5, 0.6) is 0 Å². The summed E-state index contributed by atoms with van der Waals surface area (Å²) >= 11 is 4.98. The second-order valence-electron chi connectivity index (χ2n) is 1.84. The minimum atomic E-state index is 0.623. The highest BCUT2D eigenvalue weighted by atomic mass is 79.9. The fourth-order valence-corrected chi connectivity index (χ4v) is 1.97. The van der Waals surface area contributed by atoms with E-state index in [1.807, 2.05) is 11.4 Å². The van der Waals surface area contributed by atoms with Gasteiger partial charge in [0.05, 0.1) is 3.79 Å². The number of tetrazole rings is 1. The second-order valence-corrected chi connectivity index (χ2v) is 4.08. The number of rotatable bonds is 1. The van der Waals surface area contributed by atoms with Gasteiger partial charge in [0.1, 0.15) is 0 Å². The molecule has 0 bridgehead atoms. The number of aromatic nitrogens is 4. The van der Waals surface area contributed by atoms with Gasteiger partial charge in [0.2, 0.25) is 5.82 Å². The number of hydrogen-bond acceptors (Lipinski definition) is 4. The molecule has 0 aliphatic heterocycles. The summed E-state index contributed by atoms with van der Waals surface area (Å²) in [7, 11) is 0. The summed E-state index contributed by atoms with van der Waals surface area (Å²) in [6.45, 7) is 0. The van der Waals surface area contributed by atoms with Gasteiger partial charge in [-0.15, -0.1) is 21.5 Å². The lowest BCUT2D eigenvalue weighted by atomic mass is 10.3. The fourth-order valence-electron chi connectivity index (χ4n) is 0.729. The molecule has 2 heterocycles. The average molecular weight is 231 g/mol. The minimum absolute atomic E-state index is 0.623. The molecule has 2 aromatic heterocycles. The number of nitrogens with one attached hydrogen (secondary N) is 1. The fraction of sp³-hybridized carbons (Fsp3) is 0. The van der Waals surface area contributed by atoms with Gasteiger partial charge in [-0.25, -0.2) is 0 Å². The molecule has 0 aliphatic rings. The molecule has 0 amide bonds. The molecule has 0 atom stereocenters. The van der Waals surface area contributed by atoms with E-state index in [0.717, 1.165) is 9.35 Å². The monoisotopic (exact) mass is 230 g/mol. The van der Waals surface area contributed by atoms with E-state index in [2.05, 4.69) is 36.6 Å². The molecule has 0 saturated heterocycles. The molecular weight excluding hydrogens is 228 g/mol. The Hall–Kier alpha value is -0.750. The first kappa shape index (κ1) is 6.93. The highest BCUT2D eigenvalue weighted by Crippen LogP contribution is 2.29. The maximum atomic E-state index is 3.85. The highest BCUT2D eigenvalue weighted by Gasteiger charge is 2.07. The summed E-state index contributed by atoms with van der Waals surface area (Å²) in [5.41, 5.74) is 0.976. The Morgan fingerprint density at radius 1 is 1.55 bits per heavy atom. The topological polar surface area (TPSA) is 54.5 Å². The van der Waals surface area contributed by atoms with Crippen molar-refractivity contribution >= 4 is 27.3 Å². The quantitative estimate of drug-likeness (QED) is 0.812. The van der Waals surface area contributed by atoms with Gasteiger partial charge >= 0.3 is 0 Å². The standard InChI is InChI=1S/C5H3BrN4S/c6-4-3(1-2-11-4)5-7-9-10-8-5/h1-2H,(H,7,8,9,10). The zero-order chi connectivity index (χ0) is 7.68. The zero-order valence-corrected chi connectivity index (χ0v) is 7.69. The van der Waals surface area contributed by atoms with E-state index in [4.69, 9.17) is 0 Å².